The number of carbonyl (C=O) groups is 1. The zero-order valence-corrected chi connectivity index (χ0v) is 16.2. The third-order valence-electron chi connectivity index (χ3n) is 4.66. The number of rotatable bonds is 5. The molecule has 4 rings (SSSR count). The smallest absolute Gasteiger partial charge is 0.229 e. The van der Waals surface area contributed by atoms with Crippen LogP contribution in [-0.2, 0) is 11.2 Å². The molecule has 0 bridgehead atoms. The Bertz CT molecular complexity index is 1120. The van der Waals surface area contributed by atoms with E-state index in [1.54, 1.807) is 28.5 Å². The van der Waals surface area contributed by atoms with Gasteiger partial charge in [-0.1, -0.05) is 18.3 Å². The minimum atomic E-state index is -0.278. The SMILES string of the molecule is Cc1cc2c(cnn2-c2ccc(F)cc2)cc1CC(C)C(=O)Nc1nncs1. The summed E-state index contributed by atoms with van der Waals surface area (Å²) in [5, 5.41) is 16.3. The van der Waals surface area contributed by atoms with Crippen molar-refractivity contribution in [2.45, 2.75) is 20.3 Å². The van der Waals surface area contributed by atoms with Gasteiger partial charge in [-0.15, -0.1) is 10.2 Å². The van der Waals surface area contributed by atoms with Gasteiger partial charge in [0, 0.05) is 11.3 Å². The van der Waals surface area contributed by atoms with E-state index in [-0.39, 0.29) is 17.6 Å². The highest BCUT2D eigenvalue weighted by molar-refractivity contribution is 7.13. The Morgan fingerprint density at radius 2 is 2.07 bits per heavy atom. The molecule has 1 atom stereocenters. The van der Waals surface area contributed by atoms with E-state index in [2.05, 4.69) is 32.7 Å². The number of amides is 1. The molecule has 0 aliphatic heterocycles. The highest BCUT2D eigenvalue weighted by atomic mass is 32.1. The second kappa shape index (κ2) is 7.47. The van der Waals surface area contributed by atoms with Crippen LogP contribution in [0.25, 0.3) is 16.6 Å². The molecule has 0 fully saturated rings. The lowest BCUT2D eigenvalue weighted by Crippen LogP contribution is -2.22. The van der Waals surface area contributed by atoms with E-state index in [1.165, 1.54) is 23.5 Å². The predicted octanol–water partition coefficient (Wildman–Crippen LogP) is 4.14. The van der Waals surface area contributed by atoms with Crippen LogP contribution in [-0.4, -0.2) is 25.9 Å². The van der Waals surface area contributed by atoms with Crippen LogP contribution in [0, 0.1) is 18.7 Å². The average Bonchev–Trinajstić information content (AvgIpc) is 3.32. The molecule has 0 radical (unpaired) electrons. The lowest BCUT2D eigenvalue weighted by molar-refractivity contribution is -0.119. The second-order valence-corrected chi connectivity index (χ2v) is 7.54. The number of hydrogen-bond donors (Lipinski definition) is 1. The summed E-state index contributed by atoms with van der Waals surface area (Å²) < 4.78 is 15.0. The number of fused-ring (bicyclic) bond motifs is 1. The molecule has 1 unspecified atom stereocenters. The van der Waals surface area contributed by atoms with Crippen molar-refractivity contribution in [1.82, 2.24) is 20.0 Å². The molecule has 1 amide bonds. The molecule has 0 aliphatic carbocycles. The number of halogens is 1. The molecule has 2 aromatic heterocycles. The van der Waals surface area contributed by atoms with Crippen LogP contribution in [0.3, 0.4) is 0 Å². The molecular weight excluding hydrogens is 377 g/mol. The fourth-order valence-corrected chi connectivity index (χ4v) is 3.56. The fraction of sp³-hybridized carbons (Fsp3) is 0.200. The van der Waals surface area contributed by atoms with Crippen LogP contribution in [0.1, 0.15) is 18.1 Å². The van der Waals surface area contributed by atoms with E-state index in [9.17, 15) is 9.18 Å². The molecule has 2 heterocycles. The van der Waals surface area contributed by atoms with E-state index in [1.807, 2.05) is 13.8 Å². The van der Waals surface area contributed by atoms with E-state index in [0.29, 0.717) is 11.6 Å². The summed E-state index contributed by atoms with van der Waals surface area (Å²) in [4.78, 5) is 12.4. The Labute approximate surface area is 165 Å². The first-order chi connectivity index (χ1) is 13.5. The number of hydrogen-bond acceptors (Lipinski definition) is 5. The van der Waals surface area contributed by atoms with Gasteiger partial charge in [-0.3, -0.25) is 4.79 Å². The van der Waals surface area contributed by atoms with Crippen LogP contribution >= 0.6 is 11.3 Å². The van der Waals surface area contributed by atoms with Gasteiger partial charge < -0.3 is 5.32 Å². The van der Waals surface area contributed by atoms with Crippen molar-refractivity contribution in [2.24, 2.45) is 5.92 Å². The maximum atomic E-state index is 13.2. The molecule has 6 nitrogen and oxygen atoms in total. The predicted molar refractivity (Wildman–Crippen MR) is 107 cm³/mol. The van der Waals surface area contributed by atoms with Crippen molar-refractivity contribution in [3.8, 4) is 5.69 Å². The van der Waals surface area contributed by atoms with Crippen LogP contribution < -0.4 is 5.32 Å². The number of aryl methyl sites for hydroxylation is 1. The summed E-state index contributed by atoms with van der Waals surface area (Å²) in [7, 11) is 0. The summed E-state index contributed by atoms with van der Waals surface area (Å²) in [5.74, 6) is -0.579. The van der Waals surface area contributed by atoms with E-state index in [4.69, 9.17) is 0 Å². The summed E-state index contributed by atoms with van der Waals surface area (Å²) in [5.41, 5.74) is 5.49. The highest BCUT2D eigenvalue weighted by Gasteiger charge is 2.17. The molecular formula is C20H18FN5OS. The third-order valence-corrected chi connectivity index (χ3v) is 5.27. The van der Waals surface area contributed by atoms with Crippen molar-refractivity contribution < 1.29 is 9.18 Å². The van der Waals surface area contributed by atoms with Crippen molar-refractivity contribution in [1.29, 1.82) is 0 Å². The van der Waals surface area contributed by atoms with Gasteiger partial charge in [-0.2, -0.15) is 5.10 Å². The number of nitrogens with zero attached hydrogens (tertiary/aromatic N) is 4. The maximum absolute atomic E-state index is 13.2. The van der Waals surface area contributed by atoms with Gasteiger partial charge in [0.25, 0.3) is 0 Å². The molecule has 1 N–H and O–H groups in total. The van der Waals surface area contributed by atoms with Gasteiger partial charge in [0.15, 0.2) is 0 Å². The van der Waals surface area contributed by atoms with E-state index < -0.39 is 0 Å². The van der Waals surface area contributed by atoms with Gasteiger partial charge in [-0.05, 0) is 60.9 Å². The third kappa shape index (κ3) is 3.63. The van der Waals surface area contributed by atoms with Crippen molar-refractivity contribution in [3.05, 3.63) is 65.0 Å². The van der Waals surface area contributed by atoms with Gasteiger partial charge in [0.05, 0.1) is 17.4 Å². The lowest BCUT2D eigenvalue weighted by Gasteiger charge is -2.13. The van der Waals surface area contributed by atoms with E-state index in [0.717, 1.165) is 27.7 Å². The molecule has 4 aromatic rings. The molecule has 0 spiro atoms. The monoisotopic (exact) mass is 395 g/mol. The minimum Gasteiger partial charge on any atom is -0.300 e. The van der Waals surface area contributed by atoms with Crippen molar-refractivity contribution in [3.63, 3.8) is 0 Å². The molecule has 142 valence electrons. The standard InChI is InChI=1S/C20H18FN5OS/c1-12-8-18-15(10-23-26(18)17-5-3-16(21)4-6-17)9-14(12)7-13(2)19(27)24-20-25-22-11-28-20/h3-6,8-11,13H,7H2,1-2H3,(H,24,25,27). The Morgan fingerprint density at radius 1 is 1.29 bits per heavy atom. The van der Waals surface area contributed by atoms with Crippen LogP contribution in [0.5, 0.6) is 0 Å². The molecule has 8 heteroatoms. The zero-order valence-electron chi connectivity index (χ0n) is 15.4. The van der Waals surface area contributed by atoms with Crippen molar-refractivity contribution >= 4 is 33.3 Å². The number of nitrogens with one attached hydrogen (secondary N) is 1. The van der Waals surface area contributed by atoms with Gasteiger partial charge >= 0.3 is 0 Å². The fourth-order valence-electron chi connectivity index (χ4n) is 3.11. The molecule has 2 aromatic carbocycles. The first kappa shape index (κ1) is 18.2. The molecule has 0 saturated heterocycles. The first-order valence-electron chi connectivity index (χ1n) is 8.81. The van der Waals surface area contributed by atoms with Crippen molar-refractivity contribution in [2.75, 3.05) is 5.32 Å². The van der Waals surface area contributed by atoms with Crippen LogP contribution in [0.4, 0.5) is 9.52 Å². The van der Waals surface area contributed by atoms with Crippen LogP contribution in [0.2, 0.25) is 0 Å². The largest absolute Gasteiger partial charge is 0.300 e. The van der Waals surface area contributed by atoms with Crippen LogP contribution in [0.15, 0.2) is 48.1 Å². The molecule has 28 heavy (non-hydrogen) atoms. The Hall–Kier alpha value is -3.13. The second-order valence-electron chi connectivity index (χ2n) is 6.71. The zero-order chi connectivity index (χ0) is 19.7. The minimum absolute atomic E-state index is 0.0849. The average molecular weight is 395 g/mol. The topological polar surface area (TPSA) is 72.7 Å². The van der Waals surface area contributed by atoms with Gasteiger partial charge in [0.2, 0.25) is 11.0 Å². The Kier molecular flexibility index (Phi) is 4.87. The number of benzene rings is 2. The number of aromatic nitrogens is 4. The first-order valence-corrected chi connectivity index (χ1v) is 9.69. The number of carbonyl (C=O) groups excluding carboxylic acids is 1. The van der Waals surface area contributed by atoms with E-state index >= 15 is 0 Å². The quantitative estimate of drug-likeness (QED) is 0.551. The highest BCUT2D eigenvalue weighted by Crippen LogP contribution is 2.25. The van der Waals surface area contributed by atoms with Gasteiger partial charge in [0.1, 0.15) is 11.3 Å². The summed E-state index contributed by atoms with van der Waals surface area (Å²) >= 11 is 1.29. The summed E-state index contributed by atoms with van der Waals surface area (Å²) in [6, 6.07) is 10.4. The maximum Gasteiger partial charge on any atom is 0.229 e. The summed E-state index contributed by atoms with van der Waals surface area (Å²) in [6.07, 6.45) is 2.39. The lowest BCUT2D eigenvalue weighted by atomic mass is 9.95. The number of anilines is 1. The Morgan fingerprint density at radius 3 is 2.79 bits per heavy atom. The molecule has 0 aliphatic rings. The Balaban J connectivity index is 1.58. The summed E-state index contributed by atoms with van der Waals surface area (Å²) in [6.45, 7) is 3.91. The normalized spacial score (nSPS) is 12.2. The van der Waals surface area contributed by atoms with Gasteiger partial charge in [-0.25, -0.2) is 9.07 Å². The molecule has 0 saturated carbocycles.